The van der Waals surface area contributed by atoms with E-state index in [1.54, 1.807) is 48.5 Å². The highest BCUT2D eigenvalue weighted by Crippen LogP contribution is 2.21. The summed E-state index contributed by atoms with van der Waals surface area (Å²) in [7, 11) is 1.51. The van der Waals surface area contributed by atoms with Crippen molar-refractivity contribution in [2.45, 2.75) is 19.4 Å². The van der Waals surface area contributed by atoms with Crippen LogP contribution in [-0.4, -0.2) is 38.2 Å². The Balaban J connectivity index is 1.99. The van der Waals surface area contributed by atoms with E-state index in [-0.39, 0.29) is 24.8 Å². The van der Waals surface area contributed by atoms with Crippen molar-refractivity contribution in [1.82, 2.24) is 5.32 Å². The van der Waals surface area contributed by atoms with Gasteiger partial charge in [0.25, 0.3) is 0 Å². The molecule has 0 aliphatic carbocycles. The molecule has 0 aliphatic heterocycles. The summed E-state index contributed by atoms with van der Waals surface area (Å²) in [6, 6.07) is 13.1. The molecule has 0 aromatic heterocycles. The van der Waals surface area contributed by atoms with Crippen LogP contribution < -0.4 is 16.0 Å². The van der Waals surface area contributed by atoms with Gasteiger partial charge in [-0.3, -0.25) is 14.9 Å². The highest BCUT2D eigenvalue weighted by atomic mass is 35.5. The second-order valence-electron chi connectivity index (χ2n) is 6.39. The minimum atomic E-state index is -0.621. The Bertz CT molecular complexity index is 873. The van der Waals surface area contributed by atoms with Crippen molar-refractivity contribution in [3.05, 3.63) is 59.1 Å². The molecule has 0 saturated carbocycles. The molecule has 2 aromatic carbocycles. The van der Waals surface area contributed by atoms with E-state index >= 15 is 0 Å². The Labute approximate surface area is 179 Å². The predicted molar refractivity (Wildman–Crippen MR) is 115 cm³/mol. The van der Waals surface area contributed by atoms with Crippen LogP contribution in [0.4, 0.5) is 16.2 Å². The number of amides is 3. The minimum absolute atomic E-state index is 0.0257. The Morgan fingerprint density at radius 3 is 2.30 bits per heavy atom. The van der Waals surface area contributed by atoms with Gasteiger partial charge in [-0.25, -0.2) is 4.79 Å². The van der Waals surface area contributed by atoms with Gasteiger partial charge in [0.1, 0.15) is 6.61 Å². The zero-order valence-corrected chi connectivity index (χ0v) is 17.5. The minimum Gasteiger partial charge on any atom is -0.447 e. The fourth-order valence-corrected chi connectivity index (χ4v) is 2.76. The van der Waals surface area contributed by atoms with Crippen LogP contribution in [0.1, 0.15) is 24.9 Å². The number of carbonyl (C=O) groups excluding carboxylic acids is 3. The van der Waals surface area contributed by atoms with Crippen LogP contribution in [-0.2, 0) is 19.1 Å². The third-order valence-electron chi connectivity index (χ3n) is 3.95. The number of halogens is 1. The second-order valence-corrected chi connectivity index (χ2v) is 6.83. The van der Waals surface area contributed by atoms with Crippen molar-refractivity contribution in [1.29, 1.82) is 0 Å². The first-order valence-corrected chi connectivity index (χ1v) is 9.60. The number of nitrogens with one attached hydrogen (secondary N) is 3. The molecule has 1 unspecified atom stereocenters. The van der Waals surface area contributed by atoms with Crippen LogP contribution in [0.2, 0.25) is 5.02 Å². The molecule has 0 bridgehead atoms. The summed E-state index contributed by atoms with van der Waals surface area (Å²) >= 11 is 5.91. The maximum absolute atomic E-state index is 12.5. The molecule has 0 radical (unpaired) electrons. The number of hydrogen-bond donors (Lipinski definition) is 3. The van der Waals surface area contributed by atoms with Crippen LogP contribution in [0.25, 0.3) is 0 Å². The summed E-state index contributed by atoms with van der Waals surface area (Å²) in [5.41, 5.74) is 1.72. The molecular weight excluding hydrogens is 410 g/mol. The molecule has 160 valence electrons. The molecule has 8 nitrogen and oxygen atoms in total. The van der Waals surface area contributed by atoms with Crippen LogP contribution in [0.5, 0.6) is 0 Å². The molecule has 2 rings (SSSR count). The number of methoxy groups -OCH3 is 1. The molecule has 1 atom stereocenters. The lowest BCUT2D eigenvalue weighted by molar-refractivity contribution is -0.120. The first kappa shape index (κ1) is 23.2. The number of carbonyl (C=O) groups is 3. The third kappa shape index (κ3) is 8.10. The van der Waals surface area contributed by atoms with Gasteiger partial charge in [0.2, 0.25) is 11.8 Å². The van der Waals surface area contributed by atoms with Crippen LogP contribution in [0.15, 0.2) is 48.5 Å². The summed E-state index contributed by atoms with van der Waals surface area (Å²) < 4.78 is 9.76. The van der Waals surface area contributed by atoms with Gasteiger partial charge in [0.15, 0.2) is 0 Å². The van der Waals surface area contributed by atoms with E-state index in [9.17, 15) is 14.4 Å². The van der Waals surface area contributed by atoms with E-state index < -0.39 is 12.1 Å². The molecule has 0 fully saturated rings. The predicted octanol–water partition coefficient (Wildman–Crippen LogP) is 3.74. The first-order chi connectivity index (χ1) is 14.4. The Kier molecular flexibility index (Phi) is 9.11. The van der Waals surface area contributed by atoms with Crippen molar-refractivity contribution in [3.63, 3.8) is 0 Å². The van der Waals surface area contributed by atoms with Gasteiger partial charge in [-0.05, 0) is 35.9 Å². The van der Waals surface area contributed by atoms with Crippen LogP contribution in [0, 0.1) is 0 Å². The van der Waals surface area contributed by atoms with Gasteiger partial charge >= 0.3 is 6.09 Å². The average molecular weight is 434 g/mol. The van der Waals surface area contributed by atoms with Crippen LogP contribution in [0.3, 0.4) is 0 Å². The van der Waals surface area contributed by atoms with E-state index in [1.807, 2.05) is 0 Å². The van der Waals surface area contributed by atoms with Gasteiger partial charge in [-0.15, -0.1) is 0 Å². The first-order valence-electron chi connectivity index (χ1n) is 9.22. The number of ether oxygens (including phenoxy) is 2. The van der Waals surface area contributed by atoms with Crippen molar-refractivity contribution in [2.75, 3.05) is 31.0 Å². The van der Waals surface area contributed by atoms with Gasteiger partial charge in [-0.1, -0.05) is 29.8 Å². The molecule has 0 heterocycles. The second kappa shape index (κ2) is 11.8. The lowest BCUT2D eigenvalue weighted by atomic mass is 10.0. The van der Waals surface area contributed by atoms with Gasteiger partial charge in [0, 0.05) is 30.4 Å². The summed E-state index contributed by atoms with van der Waals surface area (Å²) in [5.74, 6) is -0.551. The lowest BCUT2D eigenvalue weighted by Crippen LogP contribution is -2.29. The fraction of sp³-hybridized carbons (Fsp3) is 0.286. The van der Waals surface area contributed by atoms with E-state index in [0.29, 0.717) is 23.0 Å². The van der Waals surface area contributed by atoms with Crippen molar-refractivity contribution >= 4 is 40.9 Å². The number of anilines is 2. The fourth-order valence-electron chi connectivity index (χ4n) is 2.64. The number of rotatable bonds is 9. The topological polar surface area (TPSA) is 106 Å². The highest BCUT2D eigenvalue weighted by Gasteiger charge is 2.17. The van der Waals surface area contributed by atoms with Crippen molar-refractivity contribution in [3.8, 4) is 0 Å². The standard InChI is InChI=1S/C21H24ClN3O5/c1-14(26)23-19(15-6-8-16(22)9-7-15)13-20(27)24-17-4-3-5-18(12-17)25-21(28)30-11-10-29-2/h3-9,12,19H,10-11,13H2,1-2H3,(H,23,26)(H,24,27)(H,25,28). The molecular formula is C21H24ClN3O5. The van der Waals surface area contributed by atoms with E-state index in [0.717, 1.165) is 5.56 Å². The molecule has 0 aliphatic rings. The molecule has 9 heteroatoms. The molecule has 30 heavy (non-hydrogen) atoms. The van der Waals surface area contributed by atoms with Crippen LogP contribution >= 0.6 is 11.6 Å². The van der Waals surface area contributed by atoms with Gasteiger partial charge in [-0.2, -0.15) is 0 Å². The van der Waals surface area contributed by atoms with E-state index in [2.05, 4.69) is 16.0 Å². The summed E-state index contributed by atoms with van der Waals surface area (Å²) in [6.45, 7) is 1.82. The van der Waals surface area contributed by atoms with E-state index in [1.165, 1.54) is 14.0 Å². The monoisotopic (exact) mass is 433 g/mol. The maximum Gasteiger partial charge on any atom is 0.411 e. The summed E-state index contributed by atoms with van der Waals surface area (Å²) in [5, 5.41) is 8.67. The highest BCUT2D eigenvalue weighted by molar-refractivity contribution is 6.30. The Morgan fingerprint density at radius 2 is 1.67 bits per heavy atom. The van der Waals surface area contributed by atoms with E-state index in [4.69, 9.17) is 21.1 Å². The molecule has 2 aromatic rings. The molecule has 3 amide bonds. The summed E-state index contributed by atoms with van der Waals surface area (Å²) in [6.07, 6.45) is -0.596. The lowest BCUT2D eigenvalue weighted by Gasteiger charge is -2.18. The zero-order chi connectivity index (χ0) is 21.9. The largest absolute Gasteiger partial charge is 0.447 e. The molecule has 0 spiro atoms. The zero-order valence-electron chi connectivity index (χ0n) is 16.7. The quantitative estimate of drug-likeness (QED) is 0.522. The Hall–Kier alpha value is -3.10. The SMILES string of the molecule is COCCOC(=O)Nc1cccc(NC(=O)CC(NC(C)=O)c2ccc(Cl)cc2)c1. The maximum atomic E-state index is 12.5. The molecule has 0 saturated heterocycles. The van der Waals surface area contributed by atoms with Gasteiger partial charge < -0.3 is 20.1 Å². The Morgan fingerprint density at radius 1 is 1.00 bits per heavy atom. The van der Waals surface area contributed by atoms with Crippen molar-refractivity contribution in [2.24, 2.45) is 0 Å². The number of hydrogen-bond acceptors (Lipinski definition) is 5. The number of benzene rings is 2. The average Bonchev–Trinajstić information content (AvgIpc) is 2.68. The van der Waals surface area contributed by atoms with Crippen molar-refractivity contribution < 1.29 is 23.9 Å². The smallest absolute Gasteiger partial charge is 0.411 e. The third-order valence-corrected chi connectivity index (χ3v) is 4.20. The summed E-state index contributed by atoms with van der Waals surface area (Å²) in [4.78, 5) is 35.8. The van der Waals surface area contributed by atoms with Gasteiger partial charge in [0.05, 0.1) is 19.1 Å². The normalized spacial score (nSPS) is 11.3. The molecule has 3 N–H and O–H groups in total.